The second-order valence-corrected chi connectivity index (χ2v) is 8.24. The molecule has 32 heavy (non-hydrogen) atoms. The van der Waals surface area contributed by atoms with Gasteiger partial charge >= 0.3 is 0 Å². The number of anilines is 1. The van der Waals surface area contributed by atoms with Gasteiger partial charge in [-0.1, -0.05) is 29.0 Å². The third kappa shape index (κ3) is 4.26. The Labute approximate surface area is 193 Å². The molecule has 2 heterocycles. The number of rotatable bonds is 8. The van der Waals surface area contributed by atoms with E-state index in [4.69, 9.17) is 21.1 Å². The van der Waals surface area contributed by atoms with Gasteiger partial charge in [0, 0.05) is 25.5 Å². The third-order valence-corrected chi connectivity index (χ3v) is 6.32. The molecule has 2 aromatic carbocycles. The van der Waals surface area contributed by atoms with Crippen LogP contribution in [0.5, 0.6) is 11.5 Å². The molecule has 0 fully saturated rings. The number of aromatic nitrogens is 3. The fourth-order valence-electron chi connectivity index (χ4n) is 3.34. The minimum Gasteiger partial charge on any atom is -0.495 e. The Hall–Kier alpha value is -3.17. The van der Waals surface area contributed by atoms with E-state index in [9.17, 15) is 9.18 Å². The molecule has 0 aliphatic heterocycles. The van der Waals surface area contributed by atoms with Gasteiger partial charge in [0.15, 0.2) is 5.13 Å². The Kier molecular flexibility index (Phi) is 6.57. The maximum Gasteiger partial charge on any atom is 0.264 e. The lowest BCUT2D eigenvalue weighted by Gasteiger charge is -2.21. The molecule has 4 aromatic rings. The van der Waals surface area contributed by atoms with Crippen molar-refractivity contribution in [3.8, 4) is 11.5 Å². The van der Waals surface area contributed by atoms with Crippen LogP contribution in [0.25, 0.3) is 10.2 Å². The van der Waals surface area contributed by atoms with E-state index in [1.807, 2.05) is 10.8 Å². The molecule has 0 atom stereocenters. The first kappa shape index (κ1) is 22.0. The number of carbonyl (C=O) groups is 1. The monoisotopic (exact) mass is 474 g/mol. The summed E-state index contributed by atoms with van der Waals surface area (Å²) in [6.07, 6.45) is 5.83. The van der Waals surface area contributed by atoms with Crippen molar-refractivity contribution >= 4 is 44.2 Å². The van der Waals surface area contributed by atoms with Crippen LogP contribution >= 0.6 is 22.9 Å². The van der Waals surface area contributed by atoms with Gasteiger partial charge in [-0.3, -0.25) is 9.69 Å². The van der Waals surface area contributed by atoms with Gasteiger partial charge in [0.05, 0.1) is 31.1 Å². The van der Waals surface area contributed by atoms with Crippen molar-refractivity contribution in [1.29, 1.82) is 0 Å². The van der Waals surface area contributed by atoms with Crippen molar-refractivity contribution < 1.29 is 18.7 Å². The summed E-state index contributed by atoms with van der Waals surface area (Å²) in [4.78, 5) is 23.6. The van der Waals surface area contributed by atoms with E-state index in [0.29, 0.717) is 41.7 Å². The number of aryl methyl sites for hydroxylation is 1. The predicted molar refractivity (Wildman–Crippen MR) is 123 cm³/mol. The molecule has 7 nitrogen and oxygen atoms in total. The number of hydrogen-bond acceptors (Lipinski definition) is 6. The van der Waals surface area contributed by atoms with Crippen molar-refractivity contribution in [2.75, 3.05) is 25.7 Å². The molecule has 10 heteroatoms. The molecule has 166 valence electrons. The Morgan fingerprint density at radius 1 is 1.22 bits per heavy atom. The van der Waals surface area contributed by atoms with Crippen LogP contribution in [-0.4, -0.2) is 41.2 Å². The van der Waals surface area contributed by atoms with Crippen LogP contribution in [-0.2, 0) is 6.54 Å². The predicted octanol–water partition coefficient (Wildman–Crippen LogP) is 5.04. The van der Waals surface area contributed by atoms with E-state index in [1.165, 1.54) is 34.4 Å². The molecule has 0 bridgehead atoms. The number of hydrogen-bond donors (Lipinski definition) is 0. The van der Waals surface area contributed by atoms with Gasteiger partial charge in [0.25, 0.3) is 5.91 Å². The average Bonchev–Trinajstić information content (AvgIpc) is 3.46. The summed E-state index contributed by atoms with van der Waals surface area (Å²) in [5, 5.41) is 0.448. The SMILES string of the molecule is COc1ccc(OC)c2sc(N(CCCn3ccnc3)C(=O)c3c(F)cccc3Cl)nc12. The number of amides is 1. The molecule has 0 aliphatic rings. The number of ether oxygens (including phenoxy) is 2. The number of nitrogens with zero attached hydrogens (tertiary/aromatic N) is 4. The zero-order valence-electron chi connectivity index (χ0n) is 17.4. The van der Waals surface area contributed by atoms with Crippen LogP contribution < -0.4 is 14.4 Å². The van der Waals surface area contributed by atoms with Gasteiger partial charge in [-0.15, -0.1) is 0 Å². The van der Waals surface area contributed by atoms with Crippen LogP contribution in [0.4, 0.5) is 9.52 Å². The van der Waals surface area contributed by atoms with E-state index in [1.54, 1.807) is 38.9 Å². The van der Waals surface area contributed by atoms with Crippen molar-refractivity contribution in [2.24, 2.45) is 0 Å². The van der Waals surface area contributed by atoms with Crippen LogP contribution in [0, 0.1) is 5.82 Å². The van der Waals surface area contributed by atoms with E-state index in [-0.39, 0.29) is 10.6 Å². The van der Waals surface area contributed by atoms with Gasteiger partial charge in [-0.2, -0.15) is 0 Å². The number of methoxy groups -OCH3 is 2. The van der Waals surface area contributed by atoms with Gasteiger partial charge in [-0.25, -0.2) is 14.4 Å². The number of fused-ring (bicyclic) bond motifs is 1. The molecule has 0 radical (unpaired) electrons. The van der Waals surface area contributed by atoms with Crippen molar-refractivity contribution in [2.45, 2.75) is 13.0 Å². The van der Waals surface area contributed by atoms with Gasteiger partial charge < -0.3 is 14.0 Å². The summed E-state index contributed by atoms with van der Waals surface area (Å²) in [6.45, 7) is 0.929. The van der Waals surface area contributed by atoms with Crippen LogP contribution in [0.15, 0.2) is 49.1 Å². The molecular formula is C22H20ClFN4O3S. The van der Waals surface area contributed by atoms with E-state index < -0.39 is 11.7 Å². The summed E-state index contributed by atoms with van der Waals surface area (Å²) in [5.41, 5.74) is 0.383. The lowest BCUT2D eigenvalue weighted by atomic mass is 10.2. The lowest BCUT2D eigenvalue weighted by molar-refractivity contribution is 0.0982. The van der Waals surface area contributed by atoms with E-state index in [2.05, 4.69) is 9.97 Å². The number of carbonyl (C=O) groups excluding carboxylic acids is 1. The lowest BCUT2D eigenvalue weighted by Crippen LogP contribution is -2.33. The maximum absolute atomic E-state index is 14.6. The Morgan fingerprint density at radius 2 is 2.00 bits per heavy atom. The van der Waals surface area contributed by atoms with E-state index in [0.717, 1.165) is 4.70 Å². The standard InChI is InChI=1S/C22H20ClFN4O3S/c1-30-16-7-8-17(31-2)20-19(16)26-22(32-20)28(11-4-10-27-12-9-25-13-27)21(29)18-14(23)5-3-6-15(18)24/h3,5-9,12-13H,4,10-11H2,1-2H3. The highest BCUT2D eigenvalue weighted by Crippen LogP contribution is 2.40. The number of halogens is 2. The van der Waals surface area contributed by atoms with Crippen molar-refractivity contribution in [3.63, 3.8) is 0 Å². The molecule has 0 aliphatic carbocycles. The Bertz CT molecular complexity index is 1180. The summed E-state index contributed by atoms with van der Waals surface area (Å²) < 4.78 is 28.1. The summed E-state index contributed by atoms with van der Waals surface area (Å²) in [5.74, 6) is -0.0774. The van der Waals surface area contributed by atoms with Crippen LogP contribution in [0.2, 0.25) is 5.02 Å². The molecule has 1 amide bonds. The highest BCUT2D eigenvalue weighted by Gasteiger charge is 2.27. The average molecular weight is 475 g/mol. The van der Waals surface area contributed by atoms with Gasteiger partial charge in [0.1, 0.15) is 27.5 Å². The zero-order chi connectivity index (χ0) is 22.7. The molecule has 0 N–H and O–H groups in total. The molecule has 0 spiro atoms. The van der Waals surface area contributed by atoms with Gasteiger partial charge in [0.2, 0.25) is 0 Å². The first-order valence-electron chi connectivity index (χ1n) is 9.76. The molecule has 0 saturated heterocycles. The first-order chi connectivity index (χ1) is 15.5. The maximum atomic E-state index is 14.6. The highest BCUT2D eigenvalue weighted by atomic mass is 35.5. The third-order valence-electron chi connectivity index (χ3n) is 4.91. The van der Waals surface area contributed by atoms with Crippen LogP contribution in [0.1, 0.15) is 16.8 Å². The minimum atomic E-state index is -0.682. The number of thiazole rings is 1. The summed E-state index contributed by atoms with van der Waals surface area (Å²) in [7, 11) is 3.11. The second-order valence-electron chi connectivity index (χ2n) is 6.85. The van der Waals surface area contributed by atoms with Crippen molar-refractivity contribution in [3.05, 3.63) is 65.5 Å². The number of imidazole rings is 1. The fraction of sp³-hybridized carbons (Fsp3) is 0.227. The smallest absolute Gasteiger partial charge is 0.264 e. The molecule has 0 saturated carbocycles. The molecular weight excluding hydrogens is 455 g/mol. The summed E-state index contributed by atoms with van der Waals surface area (Å²) in [6, 6.07) is 7.70. The van der Waals surface area contributed by atoms with Crippen LogP contribution in [0.3, 0.4) is 0 Å². The molecule has 4 rings (SSSR count). The quantitative estimate of drug-likeness (QED) is 0.358. The fourth-order valence-corrected chi connectivity index (χ4v) is 4.68. The highest BCUT2D eigenvalue weighted by molar-refractivity contribution is 7.22. The Morgan fingerprint density at radius 3 is 2.69 bits per heavy atom. The Balaban J connectivity index is 1.75. The van der Waals surface area contributed by atoms with Gasteiger partial charge in [-0.05, 0) is 30.7 Å². The summed E-state index contributed by atoms with van der Waals surface area (Å²) >= 11 is 7.46. The number of benzene rings is 2. The topological polar surface area (TPSA) is 69.5 Å². The molecule has 0 unspecified atom stereocenters. The first-order valence-corrected chi connectivity index (χ1v) is 11.0. The normalized spacial score (nSPS) is 11.0. The minimum absolute atomic E-state index is 0.0471. The second kappa shape index (κ2) is 9.54. The molecule has 2 aromatic heterocycles. The zero-order valence-corrected chi connectivity index (χ0v) is 19.0. The van der Waals surface area contributed by atoms with Crippen molar-refractivity contribution in [1.82, 2.24) is 14.5 Å². The van der Waals surface area contributed by atoms with E-state index >= 15 is 0 Å². The largest absolute Gasteiger partial charge is 0.495 e.